The fraction of sp³-hybridized carbons (Fsp3) is 0.471. The van der Waals surface area contributed by atoms with Gasteiger partial charge in [-0.05, 0) is 48.7 Å². The van der Waals surface area contributed by atoms with E-state index in [-0.39, 0.29) is 0 Å². The predicted molar refractivity (Wildman–Crippen MR) is 102 cm³/mol. The van der Waals surface area contributed by atoms with Crippen LogP contribution in [0.1, 0.15) is 24.6 Å². The summed E-state index contributed by atoms with van der Waals surface area (Å²) in [5.41, 5.74) is 0. The molecule has 1 saturated heterocycles. The van der Waals surface area contributed by atoms with Crippen LogP contribution in [0.3, 0.4) is 0 Å². The molecule has 1 aliphatic rings. The number of piperidine rings is 1. The summed E-state index contributed by atoms with van der Waals surface area (Å²) >= 11 is 3.59. The molecule has 0 spiro atoms. The van der Waals surface area contributed by atoms with Gasteiger partial charge in [0.2, 0.25) is 0 Å². The van der Waals surface area contributed by atoms with Crippen LogP contribution in [0, 0.1) is 0 Å². The average Bonchev–Trinajstić information content (AvgIpc) is 3.27. The Morgan fingerprint density at radius 3 is 2.65 bits per heavy atom. The summed E-state index contributed by atoms with van der Waals surface area (Å²) in [4.78, 5) is 8.50. The molecule has 1 aliphatic heterocycles. The normalized spacial score (nSPS) is 16.6. The number of aliphatic imine (C=N–C) groups is 1. The Kier molecular flexibility index (Phi) is 5.93. The molecule has 1 fully saturated rings. The Hall–Kier alpha value is -1.53. The third-order valence-corrected chi connectivity index (χ3v) is 5.76. The highest BCUT2D eigenvalue weighted by molar-refractivity contribution is 7.14. The highest BCUT2D eigenvalue weighted by Gasteiger charge is 2.20. The third-order valence-electron chi connectivity index (χ3n) is 3.97. The second-order valence-electron chi connectivity index (χ2n) is 5.63. The Morgan fingerprint density at radius 2 is 2.00 bits per heavy atom. The molecular formula is C17H24N4S2. The van der Waals surface area contributed by atoms with Crippen LogP contribution < -0.4 is 15.5 Å². The van der Waals surface area contributed by atoms with Gasteiger partial charge in [0.15, 0.2) is 5.96 Å². The van der Waals surface area contributed by atoms with Gasteiger partial charge in [0, 0.05) is 30.6 Å². The van der Waals surface area contributed by atoms with Crippen LogP contribution in [0.25, 0.3) is 0 Å². The van der Waals surface area contributed by atoms with E-state index in [2.05, 4.69) is 57.5 Å². The van der Waals surface area contributed by atoms with Crippen LogP contribution in [0.2, 0.25) is 0 Å². The summed E-state index contributed by atoms with van der Waals surface area (Å²) in [6, 6.07) is 9.07. The first-order valence-corrected chi connectivity index (χ1v) is 9.96. The topological polar surface area (TPSA) is 39.7 Å². The van der Waals surface area contributed by atoms with Gasteiger partial charge in [-0.1, -0.05) is 6.07 Å². The number of anilines is 1. The number of hydrogen-bond acceptors (Lipinski definition) is 4. The Labute approximate surface area is 146 Å². The zero-order valence-electron chi connectivity index (χ0n) is 13.5. The van der Waals surface area contributed by atoms with Crippen molar-refractivity contribution in [2.24, 2.45) is 4.99 Å². The highest BCUT2D eigenvalue weighted by atomic mass is 32.1. The lowest BCUT2D eigenvalue weighted by molar-refractivity contribution is 0.463. The van der Waals surface area contributed by atoms with E-state index >= 15 is 0 Å². The number of guanidine groups is 1. The monoisotopic (exact) mass is 348 g/mol. The van der Waals surface area contributed by atoms with Crippen molar-refractivity contribution in [3.05, 3.63) is 39.9 Å². The SMILES string of the molecule is CCNC(=NCc1cccs1)NC1CCN(c2cccs2)CC1. The van der Waals surface area contributed by atoms with Gasteiger partial charge < -0.3 is 15.5 Å². The summed E-state index contributed by atoms with van der Waals surface area (Å²) in [5, 5.41) is 12.6. The minimum atomic E-state index is 0.507. The van der Waals surface area contributed by atoms with Gasteiger partial charge in [-0.2, -0.15) is 0 Å². The standard InChI is InChI=1S/C17H24N4S2/c1-2-18-17(19-13-15-5-3-11-22-15)20-14-7-9-21(10-8-14)16-6-4-12-23-16/h3-6,11-12,14H,2,7-10,13H2,1H3,(H2,18,19,20). The zero-order chi connectivity index (χ0) is 15.9. The molecule has 2 N–H and O–H groups in total. The van der Waals surface area contributed by atoms with E-state index < -0.39 is 0 Å². The van der Waals surface area contributed by atoms with Crippen molar-refractivity contribution in [1.82, 2.24) is 10.6 Å². The molecule has 0 aromatic carbocycles. The lowest BCUT2D eigenvalue weighted by Gasteiger charge is -2.33. The van der Waals surface area contributed by atoms with Crippen LogP contribution >= 0.6 is 22.7 Å². The Bertz CT molecular complexity index is 584. The van der Waals surface area contributed by atoms with Gasteiger partial charge in [-0.3, -0.25) is 0 Å². The van der Waals surface area contributed by atoms with Crippen molar-refractivity contribution in [2.75, 3.05) is 24.5 Å². The molecule has 0 radical (unpaired) electrons. The summed E-state index contributed by atoms with van der Waals surface area (Å²) < 4.78 is 0. The predicted octanol–water partition coefficient (Wildman–Crippen LogP) is 3.53. The second kappa shape index (κ2) is 8.36. The van der Waals surface area contributed by atoms with Gasteiger partial charge in [0.1, 0.15) is 0 Å². The fourth-order valence-corrected chi connectivity index (χ4v) is 4.18. The molecule has 3 heterocycles. The van der Waals surface area contributed by atoms with Crippen LogP contribution in [0.15, 0.2) is 40.0 Å². The van der Waals surface area contributed by atoms with Crippen molar-refractivity contribution in [1.29, 1.82) is 0 Å². The van der Waals surface area contributed by atoms with E-state index in [0.717, 1.165) is 45.0 Å². The number of rotatable bonds is 5. The maximum absolute atomic E-state index is 4.71. The summed E-state index contributed by atoms with van der Waals surface area (Å²) in [5.74, 6) is 0.940. The first kappa shape index (κ1) is 16.3. The molecule has 6 heteroatoms. The molecule has 0 saturated carbocycles. The molecule has 0 unspecified atom stereocenters. The van der Waals surface area contributed by atoms with Gasteiger partial charge >= 0.3 is 0 Å². The molecular weight excluding hydrogens is 324 g/mol. The lowest BCUT2D eigenvalue weighted by Crippen LogP contribution is -2.48. The van der Waals surface area contributed by atoms with Crippen LogP contribution in [0.4, 0.5) is 5.00 Å². The Morgan fingerprint density at radius 1 is 1.22 bits per heavy atom. The summed E-state index contributed by atoms with van der Waals surface area (Å²) in [6.45, 7) is 5.98. The van der Waals surface area contributed by atoms with Gasteiger partial charge in [-0.15, -0.1) is 22.7 Å². The number of nitrogens with one attached hydrogen (secondary N) is 2. The quantitative estimate of drug-likeness (QED) is 0.641. The minimum Gasteiger partial charge on any atom is -0.363 e. The third kappa shape index (κ3) is 4.72. The van der Waals surface area contributed by atoms with Crippen LogP contribution in [0.5, 0.6) is 0 Å². The fourth-order valence-electron chi connectivity index (χ4n) is 2.77. The van der Waals surface area contributed by atoms with E-state index in [0.29, 0.717) is 6.04 Å². The second-order valence-corrected chi connectivity index (χ2v) is 7.59. The summed E-state index contributed by atoms with van der Waals surface area (Å²) in [7, 11) is 0. The number of nitrogens with zero attached hydrogens (tertiary/aromatic N) is 2. The molecule has 0 amide bonds. The van der Waals surface area contributed by atoms with Crippen molar-refractivity contribution < 1.29 is 0 Å². The van der Waals surface area contributed by atoms with E-state index in [1.54, 1.807) is 11.3 Å². The van der Waals surface area contributed by atoms with Crippen LogP contribution in [-0.4, -0.2) is 31.6 Å². The van der Waals surface area contributed by atoms with Gasteiger partial charge in [0.25, 0.3) is 0 Å². The first-order chi connectivity index (χ1) is 11.3. The number of hydrogen-bond donors (Lipinski definition) is 2. The zero-order valence-corrected chi connectivity index (χ0v) is 15.1. The smallest absolute Gasteiger partial charge is 0.191 e. The van der Waals surface area contributed by atoms with Crippen molar-refractivity contribution in [3.8, 4) is 0 Å². The van der Waals surface area contributed by atoms with Gasteiger partial charge in [-0.25, -0.2) is 4.99 Å². The van der Waals surface area contributed by atoms with Gasteiger partial charge in [0.05, 0.1) is 11.5 Å². The molecule has 0 bridgehead atoms. The first-order valence-electron chi connectivity index (χ1n) is 8.21. The van der Waals surface area contributed by atoms with Crippen molar-refractivity contribution in [3.63, 3.8) is 0 Å². The maximum atomic E-state index is 4.71. The molecule has 2 aromatic heterocycles. The average molecular weight is 349 g/mol. The molecule has 124 valence electrons. The van der Waals surface area contributed by atoms with E-state index in [4.69, 9.17) is 4.99 Å². The molecule has 0 atom stereocenters. The largest absolute Gasteiger partial charge is 0.363 e. The summed E-state index contributed by atoms with van der Waals surface area (Å²) in [6.07, 6.45) is 2.31. The van der Waals surface area contributed by atoms with E-state index in [1.165, 1.54) is 9.88 Å². The van der Waals surface area contributed by atoms with Crippen molar-refractivity contribution >= 4 is 33.6 Å². The minimum absolute atomic E-state index is 0.507. The maximum Gasteiger partial charge on any atom is 0.191 e. The molecule has 23 heavy (non-hydrogen) atoms. The lowest BCUT2D eigenvalue weighted by atomic mass is 10.1. The molecule has 2 aromatic rings. The van der Waals surface area contributed by atoms with E-state index in [1.807, 2.05) is 11.3 Å². The molecule has 3 rings (SSSR count). The van der Waals surface area contributed by atoms with E-state index in [9.17, 15) is 0 Å². The number of thiophene rings is 2. The van der Waals surface area contributed by atoms with Crippen molar-refractivity contribution in [2.45, 2.75) is 32.4 Å². The highest BCUT2D eigenvalue weighted by Crippen LogP contribution is 2.24. The Balaban J connectivity index is 1.51. The molecule has 0 aliphatic carbocycles. The molecule has 4 nitrogen and oxygen atoms in total. The van der Waals surface area contributed by atoms with Crippen LogP contribution in [-0.2, 0) is 6.54 Å².